The summed E-state index contributed by atoms with van der Waals surface area (Å²) in [6.45, 7) is 0.137. The van der Waals surface area contributed by atoms with Crippen LogP contribution < -0.4 is 9.62 Å². The fourth-order valence-corrected chi connectivity index (χ4v) is 3.57. The summed E-state index contributed by atoms with van der Waals surface area (Å²) in [5, 5.41) is 2.52. The van der Waals surface area contributed by atoms with Gasteiger partial charge < -0.3 is 5.32 Å². The topological polar surface area (TPSA) is 66.5 Å². The first kappa shape index (κ1) is 19.6. The van der Waals surface area contributed by atoms with E-state index in [9.17, 15) is 17.6 Å². The SMILES string of the molecule is CS(=O)(=O)N(Cc1ccc(C(=O)Nc2ccccc2F)cc1)c1ccccc1. The number of anilines is 2. The van der Waals surface area contributed by atoms with Gasteiger partial charge >= 0.3 is 0 Å². The van der Waals surface area contributed by atoms with Gasteiger partial charge in [0.1, 0.15) is 5.82 Å². The zero-order valence-corrected chi connectivity index (χ0v) is 16.0. The minimum atomic E-state index is -3.48. The van der Waals surface area contributed by atoms with Gasteiger partial charge in [0.25, 0.3) is 5.91 Å². The van der Waals surface area contributed by atoms with E-state index in [1.165, 1.54) is 16.4 Å². The van der Waals surface area contributed by atoms with E-state index in [4.69, 9.17) is 0 Å². The number of amides is 1. The molecule has 3 aromatic rings. The molecule has 1 N–H and O–H groups in total. The number of sulfonamides is 1. The molecule has 0 saturated carbocycles. The lowest BCUT2D eigenvalue weighted by molar-refractivity contribution is 0.102. The Morgan fingerprint density at radius 3 is 2.14 bits per heavy atom. The number of halogens is 1. The lowest BCUT2D eigenvalue weighted by Crippen LogP contribution is -2.29. The van der Waals surface area contributed by atoms with Crippen LogP contribution in [0.3, 0.4) is 0 Å². The second-order valence-corrected chi connectivity index (χ2v) is 8.14. The van der Waals surface area contributed by atoms with Crippen LogP contribution in [0.2, 0.25) is 0 Å². The summed E-state index contributed by atoms with van der Waals surface area (Å²) in [6.07, 6.45) is 1.15. The molecule has 1 amide bonds. The Balaban J connectivity index is 1.76. The number of rotatable bonds is 6. The molecule has 5 nitrogen and oxygen atoms in total. The summed E-state index contributed by atoms with van der Waals surface area (Å²) in [4.78, 5) is 12.3. The standard InChI is InChI=1S/C21H19FN2O3S/c1-28(26,27)24(18-7-3-2-4-8-18)15-16-11-13-17(14-12-16)21(25)23-20-10-6-5-9-19(20)22/h2-14H,15H2,1H3,(H,23,25). The van der Waals surface area contributed by atoms with Gasteiger partial charge in [-0.2, -0.15) is 0 Å². The zero-order chi connectivity index (χ0) is 20.1. The van der Waals surface area contributed by atoms with Crippen molar-refractivity contribution in [3.63, 3.8) is 0 Å². The highest BCUT2D eigenvalue weighted by Crippen LogP contribution is 2.21. The number of benzene rings is 3. The molecule has 28 heavy (non-hydrogen) atoms. The van der Waals surface area contributed by atoms with Crippen LogP contribution >= 0.6 is 0 Å². The molecule has 0 aliphatic heterocycles. The largest absolute Gasteiger partial charge is 0.319 e. The predicted molar refractivity (Wildman–Crippen MR) is 108 cm³/mol. The second-order valence-electron chi connectivity index (χ2n) is 6.24. The van der Waals surface area contributed by atoms with Gasteiger partial charge in [0.15, 0.2) is 0 Å². The van der Waals surface area contributed by atoms with Crippen molar-refractivity contribution in [2.24, 2.45) is 0 Å². The molecule has 0 fully saturated rings. The lowest BCUT2D eigenvalue weighted by Gasteiger charge is -2.22. The van der Waals surface area contributed by atoms with E-state index in [1.807, 2.05) is 6.07 Å². The molecule has 144 valence electrons. The van der Waals surface area contributed by atoms with Crippen molar-refractivity contribution in [3.05, 3.63) is 95.8 Å². The van der Waals surface area contributed by atoms with Crippen LogP contribution in [-0.2, 0) is 16.6 Å². The first-order chi connectivity index (χ1) is 13.3. The number of hydrogen-bond acceptors (Lipinski definition) is 3. The maximum atomic E-state index is 13.7. The molecule has 0 bridgehead atoms. The molecule has 0 aliphatic carbocycles. The van der Waals surface area contributed by atoms with Crippen LogP contribution in [0.15, 0.2) is 78.9 Å². The van der Waals surface area contributed by atoms with Gasteiger partial charge in [0.2, 0.25) is 10.0 Å². The third-order valence-corrected chi connectivity index (χ3v) is 5.25. The molecule has 0 spiro atoms. The molecule has 7 heteroatoms. The van der Waals surface area contributed by atoms with Gasteiger partial charge in [-0.3, -0.25) is 9.10 Å². The van der Waals surface area contributed by atoms with Crippen molar-refractivity contribution in [3.8, 4) is 0 Å². The average molecular weight is 398 g/mol. The molecule has 0 atom stereocenters. The number of carbonyl (C=O) groups excluding carboxylic acids is 1. The van der Waals surface area contributed by atoms with E-state index in [-0.39, 0.29) is 12.2 Å². The molecular formula is C21H19FN2O3S. The molecule has 0 aliphatic rings. The van der Waals surface area contributed by atoms with Gasteiger partial charge in [0, 0.05) is 5.56 Å². The van der Waals surface area contributed by atoms with Crippen molar-refractivity contribution in [1.29, 1.82) is 0 Å². The van der Waals surface area contributed by atoms with Crippen molar-refractivity contribution in [2.75, 3.05) is 15.9 Å². The van der Waals surface area contributed by atoms with E-state index < -0.39 is 21.7 Å². The Labute approximate surface area is 163 Å². The highest BCUT2D eigenvalue weighted by atomic mass is 32.2. The monoisotopic (exact) mass is 398 g/mol. The smallest absolute Gasteiger partial charge is 0.255 e. The molecule has 0 aromatic heterocycles. The first-order valence-electron chi connectivity index (χ1n) is 8.52. The minimum Gasteiger partial charge on any atom is -0.319 e. The quantitative estimate of drug-likeness (QED) is 0.681. The molecule has 0 unspecified atom stereocenters. The number of hydrogen-bond donors (Lipinski definition) is 1. The Kier molecular flexibility index (Phi) is 5.75. The molecular weight excluding hydrogens is 379 g/mol. The van der Waals surface area contributed by atoms with E-state index in [0.717, 1.165) is 11.8 Å². The third-order valence-electron chi connectivity index (χ3n) is 4.11. The number of para-hydroxylation sites is 2. The normalized spacial score (nSPS) is 11.1. The maximum absolute atomic E-state index is 13.7. The van der Waals surface area contributed by atoms with Crippen molar-refractivity contribution >= 4 is 27.3 Å². The van der Waals surface area contributed by atoms with Gasteiger partial charge in [-0.15, -0.1) is 0 Å². The molecule has 3 rings (SSSR count). The summed E-state index contributed by atoms with van der Waals surface area (Å²) in [5.74, 6) is -0.959. The summed E-state index contributed by atoms with van der Waals surface area (Å²) in [6, 6.07) is 21.2. The third kappa shape index (κ3) is 4.75. The van der Waals surface area contributed by atoms with Gasteiger partial charge in [-0.05, 0) is 42.0 Å². The average Bonchev–Trinajstić information content (AvgIpc) is 2.68. The van der Waals surface area contributed by atoms with Crippen LogP contribution in [0.25, 0.3) is 0 Å². The van der Waals surface area contributed by atoms with Crippen LogP contribution in [0.5, 0.6) is 0 Å². The Hall–Kier alpha value is -3.19. The molecule has 0 heterocycles. The Morgan fingerprint density at radius 1 is 0.929 bits per heavy atom. The summed E-state index contributed by atoms with van der Waals surface area (Å²) >= 11 is 0. The fraction of sp³-hybridized carbons (Fsp3) is 0.0952. The molecule has 3 aromatic carbocycles. The molecule has 0 radical (unpaired) electrons. The number of nitrogens with zero attached hydrogens (tertiary/aromatic N) is 1. The van der Waals surface area contributed by atoms with Crippen molar-refractivity contribution in [2.45, 2.75) is 6.54 Å². The minimum absolute atomic E-state index is 0.101. The van der Waals surface area contributed by atoms with Crippen molar-refractivity contribution < 1.29 is 17.6 Å². The predicted octanol–water partition coefficient (Wildman–Crippen LogP) is 4.04. The Morgan fingerprint density at radius 2 is 1.54 bits per heavy atom. The summed E-state index contributed by atoms with van der Waals surface area (Å²) < 4.78 is 39.3. The molecule has 0 saturated heterocycles. The van der Waals surface area contributed by atoms with E-state index in [1.54, 1.807) is 60.7 Å². The lowest BCUT2D eigenvalue weighted by atomic mass is 10.1. The number of nitrogens with one attached hydrogen (secondary N) is 1. The van der Waals surface area contributed by atoms with E-state index in [0.29, 0.717) is 11.3 Å². The Bertz CT molecular complexity index is 1070. The summed E-state index contributed by atoms with van der Waals surface area (Å²) in [7, 11) is -3.48. The van der Waals surface area contributed by atoms with Crippen molar-refractivity contribution in [1.82, 2.24) is 0 Å². The van der Waals surface area contributed by atoms with E-state index in [2.05, 4.69) is 5.32 Å². The van der Waals surface area contributed by atoms with Crippen LogP contribution in [0.1, 0.15) is 15.9 Å². The second kappa shape index (κ2) is 8.22. The first-order valence-corrected chi connectivity index (χ1v) is 10.4. The zero-order valence-electron chi connectivity index (χ0n) is 15.2. The van der Waals surface area contributed by atoms with Gasteiger partial charge in [0.05, 0.1) is 24.2 Å². The fourth-order valence-electron chi connectivity index (χ4n) is 2.68. The highest BCUT2D eigenvalue weighted by molar-refractivity contribution is 7.92. The van der Waals surface area contributed by atoms with Crippen LogP contribution in [0, 0.1) is 5.82 Å². The highest BCUT2D eigenvalue weighted by Gasteiger charge is 2.18. The van der Waals surface area contributed by atoms with Gasteiger partial charge in [-0.25, -0.2) is 12.8 Å². The maximum Gasteiger partial charge on any atom is 0.255 e. The summed E-state index contributed by atoms with van der Waals surface area (Å²) in [5.41, 5.74) is 1.73. The number of carbonyl (C=O) groups is 1. The van der Waals surface area contributed by atoms with E-state index >= 15 is 0 Å². The van der Waals surface area contributed by atoms with Crippen LogP contribution in [0.4, 0.5) is 15.8 Å². The van der Waals surface area contributed by atoms with Crippen LogP contribution in [-0.4, -0.2) is 20.6 Å². The van der Waals surface area contributed by atoms with Gasteiger partial charge in [-0.1, -0.05) is 42.5 Å².